The third-order valence-corrected chi connectivity index (χ3v) is 3.48. The topological polar surface area (TPSA) is 34.2 Å². The van der Waals surface area contributed by atoms with Crippen LogP contribution in [0.15, 0.2) is 12.3 Å². The van der Waals surface area contributed by atoms with Gasteiger partial charge in [0.25, 0.3) is 6.43 Å². The Morgan fingerprint density at radius 2 is 2.41 bits per heavy atom. The van der Waals surface area contributed by atoms with E-state index in [0.29, 0.717) is 18.2 Å². The summed E-state index contributed by atoms with van der Waals surface area (Å²) >= 11 is 0. The SMILES string of the molecule is C[C@H]1C[C@@]2(CN1)Cc1cc(C(F)F)ncc1O2. The molecule has 17 heavy (non-hydrogen) atoms. The fourth-order valence-electron chi connectivity index (χ4n) is 2.74. The minimum absolute atomic E-state index is 0.164. The molecule has 1 saturated heterocycles. The van der Waals surface area contributed by atoms with Gasteiger partial charge in [0.15, 0.2) is 0 Å². The summed E-state index contributed by atoms with van der Waals surface area (Å²) in [5.41, 5.74) is 0.444. The van der Waals surface area contributed by atoms with Crippen molar-refractivity contribution in [1.29, 1.82) is 0 Å². The summed E-state index contributed by atoms with van der Waals surface area (Å²) in [5, 5.41) is 3.33. The molecule has 3 rings (SSSR count). The van der Waals surface area contributed by atoms with Gasteiger partial charge in [-0.3, -0.25) is 4.98 Å². The Labute approximate surface area is 98.2 Å². The lowest BCUT2D eigenvalue weighted by atomic mass is 9.94. The van der Waals surface area contributed by atoms with E-state index in [1.807, 2.05) is 0 Å². The van der Waals surface area contributed by atoms with Gasteiger partial charge in [-0.05, 0) is 13.0 Å². The minimum atomic E-state index is -2.52. The molecule has 3 heterocycles. The molecular formula is C12H14F2N2O. The molecule has 1 spiro atoms. The van der Waals surface area contributed by atoms with Gasteiger partial charge in [0.05, 0.1) is 6.20 Å². The van der Waals surface area contributed by atoms with E-state index in [0.717, 1.165) is 18.5 Å². The van der Waals surface area contributed by atoms with E-state index in [9.17, 15) is 8.78 Å². The molecule has 0 amide bonds. The molecule has 2 atom stereocenters. The second-order valence-corrected chi connectivity index (χ2v) is 4.97. The molecule has 0 radical (unpaired) electrons. The minimum Gasteiger partial charge on any atom is -0.484 e. The van der Waals surface area contributed by atoms with Crippen LogP contribution in [0, 0.1) is 0 Å². The number of pyridine rings is 1. The number of nitrogens with zero attached hydrogens (tertiary/aromatic N) is 1. The van der Waals surface area contributed by atoms with Crippen LogP contribution in [0.2, 0.25) is 0 Å². The highest BCUT2D eigenvalue weighted by Crippen LogP contribution is 2.40. The Hall–Kier alpha value is -1.23. The average molecular weight is 240 g/mol. The number of alkyl halides is 2. The number of hydrogen-bond acceptors (Lipinski definition) is 3. The van der Waals surface area contributed by atoms with E-state index < -0.39 is 6.43 Å². The number of hydrogen-bond donors (Lipinski definition) is 1. The largest absolute Gasteiger partial charge is 0.484 e. The Morgan fingerprint density at radius 1 is 1.59 bits per heavy atom. The summed E-state index contributed by atoms with van der Waals surface area (Å²) in [6, 6.07) is 1.88. The van der Waals surface area contributed by atoms with Crippen LogP contribution < -0.4 is 10.1 Å². The molecule has 92 valence electrons. The van der Waals surface area contributed by atoms with Crippen LogP contribution >= 0.6 is 0 Å². The van der Waals surface area contributed by atoms with E-state index in [-0.39, 0.29) is 11.3 Å². The van der Waals surface area contributed by atoms with Crippen molar-refractivity contribution < 1.29 is 13.5 Å². The van der Waals surface area contributed by atoms with Gasteiger partial charge < -0.3 is 10.1 Å². The zero-order valence-corrected chi connectivity index (χ0v) is 9.54. The summed E-state index contributed by atoms with van der Waals surface area (Å²) in [4.78, 5) is 3.73. The normalized spacial score (nSPS) is 30.9. The van der Waals surface area contributed by atoms with Gasteiger partial charge >= 0.3 is 0 Å². The molecule has 2 aliphatic rings. The first-order chi connectivity index (χ1) is 8.08. The average Bonchev–Trinajstić information content (AvgIpc) is 2.80. The van der Waals surface area contributed by atoms with Crippen molar-refractivity contribution in [3.63, 3.8) is 0 Å². The van der Waals surface area contributed by atoms with Crippen LogP contribution in [-0.4, -0.2) is 23.2 Å². The first kappa shape index (κ1) is 10.9. The highest BCUT2D eigenvalue weighted by molar-refractivity contribution is 5.39. The quantitative estimate of drug-likeness (QED) is 0.816. The van der Waals surface area contributed by atoms with Gasteiger partial charge in [-0.1, -0.05) is 0 Å². The van der Waals surface area contributed by atoms with E-state index in [1.54, 1.807) is 0 Å². The van der Waals surface area contributed by atoms with Crippen molar-refractivity contribution in [3.05, 3.63) is 23.5 Å². The highest BCUT2D eigenvalue weighted by Gasteiger charge is 2.44. The zero-order chi connectivity index (χ0) is 12.0. The summed E-state index contributed by atoms with van der Waals surface area (Å²) in [7, 11) is 0. The Balaban J connectivity index is 1.88. The van der Waals surface area contributed by atoms with Gasteiger partial charge in [-0.15, -0.1) is 0 Å². The lowest BCUT2D eigenvalue weighted by Gasteiger charge is -2.21. The fraction of sp³-hybridized carbons (Fsp3) is 0.583. The van der Waals surface area contributed by atoms with Crippen molar-refractivity contribution in [2.75, 3.05) is 6.54 Å². The standard InChI is InChI=1S/C12H14F2N2O/c1-7-3-12(6-16-7)4-8-2-9(11(13)14)15-5-10(8)17-12/h2,5,7,11,16H,3-4,6H2,1H3/t7-,12-/m0/s1. The molecule has 1 aromatic heterocycles. The molecule has 1 N–H and O–H groups in total. The number of halogens is 2. The second kappa shape index (κ2) is 3.63. The van der Waals surface area contributed by atoms with Crippen molar-refractivity contribution in [2.24, 2.45) is 0 Å². The number of rotatable bonds is 1. The van der Waals surface area contributed by atoms with Gasteiger partial charge in [0.2, 0.25) is 0 Å². The van der Waals surface area contributed by atoms with Crippen LogP contribution in [0.5, 0.6) is 5.75 Å². The second-order valence-electron chi connectivity index (χ2n) is 4.97. The third kappa shape index (κ3) is 1.78. The van der Waals surface area contributed by atoms with Crippen LogP contribution in [0.25, 0.3) is 0 Å². The lowest BCUT2D eigenvalue weighted by molar-refractivity contribution is 0.115. The first-order valence-electron chi connectivity index (χ1n) is 5.77. The maximum atomic E-state index is 12.6. The van der Waals surface area contributed by atoms with Gasteiger partial charge in [0.1, 0.15) is 17.0 Å². The molecule has 0 unspecified atom stereocenters. The molecular weight excluding hydrogens is 226 g/mol. The predicted molar refractivity (Wildman–Crippen MR) is 58.3 cm³/mol. The zero-order valence-electron chi connectivity index (χ0n) is 9.54. The van der Waals surface area contributed by atoms with Crippen molar-refractivity contribution in [3.8, 4) is 5.75 Å². The third-order valence-electron chi connectivity index (χ3n) is 3.48. The van der Waals surface area contributed by atoms with Crippen LogP contribution in [0.4, 0.5) is 8.78 Å². The number of nitrogens with one attached hydrogen (secondary N) is 1. The number of aromatic nitrogens is 1. The molecule has 0 bridgehead atoms. The van der Waals surface area contributed by atoms with Gasteiger partial charge in [-0.25, -0.2) is 8.78 Å². The maximum absolute atomic E-state index is 12.6. The maximum Gasteiger partial charge on any atom is 0.280 e. The van der Waals surface area contributed by atoms with Crippen LogP contribution in [0.3, 0.4) is 0 Å². The molecule has 1 aromatic rings. The van der Waals surface area contributed by atoms with E-state index >= 15 is 0 Å². The Morgan fingerprint density at radius 3 is 3.06 bits per heavy atom. The van der Waals surface area contributed by atoms with E-state index in [4.69, 9.17) is 4.74 Å². The summed E-state index contributed by atoms with van der Waals surface area (Å²) < 4.78 is 31.0. The van der Waals surface area contributed by atoms with Crippen LogP contribution in [0.1, 0.15) is 31.0 Å². The molecule has 0 aliphatic carbocycles. The summed E-state index contributed by atoms with van der Waals surface area (Å²) in [6.07, 6.45) is 0.514. The van der Waals surface area contributed by atoms with Crippen molar-refractivity contribution in [1.82, 2.24) is 10.3 Å². The van der Waals surface area contributed by atoms with E-state index in [1.165, 1.54) is 12.3 Å². The van der Waals surface area contributed by atoms with Crippen LogP contribution in [-0.2, 0) is 6.42 Å². The Bertz CT molecular complexity index is 452. The molecule has 2 aliphatic heterocycles. The molecule has 3 nitrogen and oxygen atoms in total. The van der Waals surface area contributed by atoms with Gasteiger partial charge in [0, 0.05) is 31.0 Å². The predicted octanol–water partition coefficient (Wildman–Crippen LogP) is 2.07. The first-order valence-corrected chi connectivity index (χ1v) is 5.77. The molecule has 5 heteroatoms. The summed E-state index contributed by atoms with van der Waals surface area (Å²) in [5.74, 6) is 0.658. The Kier molecular flexibility index (Phi) is 2.33. The lowest BCUT2D eigenvalue weighted by Crippen LogP contribution is -2.36. The molecule has 1 fully saturated rings. The summed E-state index contributed by atoms with van der Waals surface area (Å²) in [6.45, 7) is 2.87. The van der Waals surface area contributed by atoms with Crippen molar-refractivity contribution >= 4 is 0 Å². The molecule has 0 aromatic carbocycles. The van der Waals surface area contributed by atoms with Gasteiger partial charge in [-0.2, -0.15) is 0 Å². The van der Waals surface area contributed by atoms with Crippen molar-refractivity contribution in [2.45, 2.75) is 37.8 Å². The van der Waals surface area contributed by atoms with E-state index in [2.05, 4.69) is 17.2 Å². The molecule has 0 saturated carbocycles. The number of fused-ring (bicyclic) bond motifs is 1. The monoisotopic (exact) mass is 240 g/mol. The number of ether oxygens (including phenoxy) is 1. The fourth-order valence-corrected chi connectivity index (χ4v) is 2.74. The highest BCUT2D eigenvalue weighted by atomic mass is 19.3. The smallest absolute Gasteiger partial charge is 0.280 e.